The van der Waals surface area contributed by atoms with Crippen LogP contribution in [0.3, 0.4) is 0 Å². The van der Waals surface area contributed by atoms with Crippen LogP contribution in [-0.4, -0.2) is 95.0 Å². The van der Waals surface area contributed by atoms with Gasteiger partial charge in [-0.25, -0.2) is 4.79 Å². The molecule has 3 aromatic rings. The highest BCUT2D eigenvalue weighted by atomic mass is 16.6. The van der Waals surface area contributed by atoms with Crippen molar-refractivity contribution in [3.63, 3.8) is 0 Å². The van der Waals surface area contributed by atoms with Crippen molar-refractivity contribution in [3.8, 4) is 5.75 Å². The average Bonchev–Trinajstić information content (AvgIpc) is 3.14. The maximum atomic E-state index is 13.3. The summed E-state index contributed by atoms with van der Waals surface area (Å²) in [5, 5.41) is 10.6. The lowest BCUT2D eigenvalue weighted by atomic mass is 9.78. The van der Waals surface area contributed by atoms with E-state index < -0.39 is 12.2 Å². The summed E-state index contributed by atoms with van der Waals surface area (Å²) in [6, 6.07) is 23.5. The maximum Gasteiger partial charge on any atom is 0.410 e. The fourth-order valence-corrected chi connectivity index (χ4v) is 6.58. The summed E-state index contributed by atoms with van der Waals surface area (Å²) >= 11 is 0. The van der Waals surface area contributed by atoms with Crippen molar-refractivity contribution in [2.45, 2.75) is 45.2 Å². The predicted octanol–water partition coefficient (Wildman–Crippen LogP) is 5.18. The van der Waals surface area contributed by atoms with Gasteiger partial charge in [0.25, 0.3) is 5.91 Å². The first kappa shape index (κ1) is 37.3. The van der Waals surface area contributed by atoms with Crippen molar-refractivity contribution in [3.05, 3.63) is 95.1 Å². The summed E-state index contributed by atoms with van der Waals surface area (Å²) in [6.45, 7) is 5.73. The second-order valence-corrected chi connectivity index (χ2v) is 13.1. The number of benzene rings is 3. The van der Waals surface area contributed by atoms with Gasteiger partial charge in [-0.15, -0.1) is 0 Å². The Morgan fingerprint density at radius 3 is 2.42 bits per heavy atom. The normalized spacial score (nSPS) is 19.5. The number of carbonyl (C=O) groups is 2. The van der Waals surface area contributed by atoms with E-state index >= 15 is 0 Å². The first-order chi connectivity index (χ1) is 24.4. The van der Waals surface area contributed by atoms with E-state index in [2.05, 4.69) is 19.1 Å². The minimum absolute atomic E-state index is 0.00378. The molecule has 0 bridgehead atoms. The Morgan fingerprint density at radius 2 is 1.68 bits per heavy atom. The fourth-order valence-electron chi connectivity index (χ4n) is 6.58. The molecular formula is C39H50N2O9. The van der Waals surface area contributed by atoms with Gasteiger partial charge in [0.1, 0.15) is 12.4 Å². The van der Waals surface area contributed by atoms with Crippen molar-refractivity contribution in [1.82, 2.24) is 4.90 Å². The van der Waals surface area contributed by atoms with Gasteiger partial charge in [-0.2, -0.15) is 0 Å². The van der Waals surface area contributed by atoms with E-state index in [0.29, 0.717) is 63.3 Å². The largest absolute Gasteiger partial charge is 0.482 e. The second kappa shape index (κ2) is 18.8. The number of aliphatic hydroxyl groups is 1. The molecular weight excluding hydrogens is 640 g/mol. The third-order valence-corrected chi connectivity index (χ3v) is 9.11. The van der Waals surface area contributed by atoms with E-state index in [0.717, 1.165) is 22.3 Å². The minimum Gasteiger partial charge on any atom is -0.482 e. The molecule has 2 aliphatic rings. The molecule has 0 aromatic heterocycles. The Morgan fingerprint density at radius 1 is 0.920 bits per heavy atom. The number of aliphatic hydroxyl groups excluding tert-OH is 1. The van der Waals surface area contributed by atoms with E-state index in [1.165, 1.54) is 0 Å². The molecule has 5 rings (SSSR count). The van der Waals surface area contributed by atoms with Crippen molar-refractivity contribution < 1.29 is 43.1 Å². The molecule has 2 aliphatic heterocycles. The third kappa shape index (κ3) is 10.0. The van der Waals surface area contributed by atoms with E-state index in [4.69, 9.17) is 28.4 Å². The van der Waals surface area contributed by atoms with Crippen molar-refractivity contribution >= 4 is 17.7 Å². The number of hydrogen-bond acceptors (Lipinski definition) is 9. The van der Waals surface area contributed by atoms with Gasteiger partial charge in [0.15, 0.2) is 6.61 Å². The lowest BCUT2D eigenvalue weighted by Gasteiger charge is -2.43. The van der Waals surface area contributed by atoms with Gasteiger partial charge in [-0.3, -0.25) is 4.79 Å². The van der Waals surface area contributed by atoms with Crippen molar-refractivity contribution in [1.29, 1.82) is 0 Å². The summed E-state index contributed by atoms with van der Waals surface area (Å²) in [6.07, 6.45) is -0.206. The highest BCUT2D eigenvalue weighted by Crippen LogP contribution is 2.37. The first-order valence-corrected chi connectivity index (χ1v) is 17.3. The van der Waals surface area contributed by atoms with E-state index in [9.17, 15) is 14.7 Å². The van der Waals surface area contributed by atoms with Crippen LogP contribution in [0, 0.1) is 11.8 Å². The summed E-state index contributed by atoms with van der Waals surface area (Å²) < 4.78 is 34.4. The van der Waals surface area contributed by atoms with Gasteiger partial charge in [0, 0.05) is 58.3 Å². The van der Waals surface area contributed by atoms with Gasteiger partial charge in [-0.05, 0) is 40.8 Å². The Bertz CT molecular complexity index is 1500. The van der Waals surface area contributed by atoms with Crippen LogP contribution in [0.15, 0.2) is 72.8 Å². The van der Waals surface area contributed by atoms with Gasteiger partial charge >= 0.3 is 6.09 Å². The number of ether oxygens (including phenoxy) is 6. The molecule has 270 valence electrons. The molecule has 4 atom stereocenters. The number of methoxy groups -OCH3 is 2. The number of nitrogens with zero attached hydrogens (tertiary/aromatic N) is 2. The lowest BCUT2D eigenvalue weighted by Crippen LogP contribution is -2.52. The molecule has 0 spiro atoms. The number of amides is 2. The zero-order chi connectivity index (χ0) is 35.3. The fraction of sp³-hybridized carbons (Fsp3) is 0.487. The van der Waals surface area contributed by atoms with E-state index in [1.54, 1.807) is 24.0 Å². The molecule has 50 heavy (non-hydrogen) atoms. The Kier molecular flexibility index (Phi) is 14.0. The molecule has 2 amide bonds. The van der Waals surface area contributed by atoms with Crippen LogP contribution >= 0.6 is 0 Å². The Balaban J connectivity index is 1.33. The first-order valence-electron chi connectivity index (χ1n) is 17.3. The lowest BCUT2D eigenvalue weighted by molar-refractivity contribution is -0.121. The number of fused-ring (bicyclic) bond motifs is 1. The zero-order valence-electron chi connectivity index (χ0n) is 29.3. The number of anilines is 1. The smallest absolute Gasteiger partial charge is 0.410 e. The quantitative estimate of drug-likeness (QED) is 0.192. The molecule has 1 unspecified atom stereocenters. The molecule has 0 radical (unpaired) electrons. The highest BCUT2D eigenvalue weighted by molar-refractivity contribution is 5.97. The van der Waals surface area contributed by atoms with E-state index in [1.807, 2.05) is 60.7 Å². The predicted molar refractivity (Wildman–Crippen MR) is 188 cm³/mol. The topological polar surface area (TPSA) is 116 Å². The summed E-state index contributed by atoms with van der Waals surface area (Å²) in [5.41, 5.74) is 4.51. The number of carbonyl (C=O) groups excluding carboxylic acids is 2. The van der Waals surface area contributed by atoms with Crippen molar-refractivity contribution in [2.75, 3.05) is 71.8 Å². The molecule has 11 nitrogen and oxygen atoms in total. The summed E-state index contributed by atoms with van der Waals surface area (Å²) in [5.74, 6) is 0.358. The standard InChI is InChI=1S/C39H50N2O9/c1-28(22-46-3)23-47-24-30-10-13-32(14-11-30)38-33(21-42)19-40(39(44)50-25-29-8-5-4-6-9-29)20-36(38)48-26-31-12-15-35-34(18-31)41(16-7-17-45-2)37(43)27-49-35/h4-6,8-15,18,28,33,36,38,42H,7,16-17,19-27H2,1-3H3/t28?,33-,36-,38-/m0/s1. The molecule has 2 heterocycles. The molecule has 3 aromatic carbocycles. The third-order valence-electron chi connectivity index (χ3n) is 9.11. The highest BCUT2D eigenvalue weighted by Gasteiger charge is 2.40. The molecule has 0 saturated carbocycles. The molecule has 1 saturated heterocycles. The van der Waals surface area contributed by atoms with Crippen LogP contribution in [0.4, 0.5) is 10.5 Å². The van der Waals surface area contributed by atoms with E-state index in [-0.39, 0.29) is 50.7 Å². The molecule has 1 N–H and O–H groups in total. The van der Waals surface area contributed by atoms with Crippen LogP contribution in [0.2, 0.25) is 0 Å². The number of piperidine rings is 1. The number of hydrogen-bond donors (Lipinski definition) is 1. The van der Waals surface area contributed by atoms with Crippen LogP contribution in [0.5, 0.6) is 5.75 Å². The maximum absolute atomic E-state index is 13.3. The van der Waals surface area contributed by atoms with Gasteiger partial charge in [0.05, 0.1) is 44.8 Å². The van der Waals surface area contributed by atoms with Gasteiger partial charge in [0.2, 0.25) is 0 Å². The Labute approximate surface area is 295 Å². The van der Waals surface area contributed by atoms with Gasteiger partial charge < -0.3 is 43.3 Å². The van der Waals surface area contributed by atoms with Crippen LogP contribution < -0.4 is 9.64 Å². The summed E-state index contributed by atoms with van der Waals surface area (Å²) in [4.78, 5) is 29.5. The van der Waals surface area contributed by atoms with Crippen molar-refractivity contribution in [2.24, 2.45) is 11.8 Å². The van der Waals surface area contributed by atoms with Crippen LogP contribution in [-0.2, 0) is 48.3 Å². The molecule has 0 aliphatic carbocycles. The minimum atomic E-state index is -0.453. The monoisotopic (exact) mass is 690 g/mol. The van der Waals surface area contributed by atoms with Gasteiger partial charge in [-0.1, -0.05) is 67.6 Å². The van der Waals surface area contributed by atoms with Crippen LogP contribution in [0.25, 0.3) is 0 Å². The average molecular weight is 691 g/mol. The molecule has 11 heteroatoms. The second-order valence-electron chi connectivity index (χ2n) is 13.1. The van der Waals surface area contributed by atoms with Crippen LogP contribution in [0.1, 0.15) is 41.5 Å². The number of likely N-dealkylation sites (tertiary alicyclic amines) is 1. The number of rotatable bonds is 17. The molecule has 1 fully saturated rings. The Hall–Kier alpha value is -4.00. The summed E-state index contributed by atoms with van der Waals surface area (Å²) in [7, 11) is 3.33. The SMILES string of the molecule is COCCCN1C(=O)COc2ccc(CO[C@H]3CN(C(=O)OCc4ccccc4)C[C@@H](CO)[C@@H]3c3ccc(COCC(C)COC)cc3)cc21. The zero-order valence-corrected chi connectivity index (χ0v) is 29.3.